The van der Waals surface area contributed by atoms with Crippen molar-refractivity contribution in [2.75, 3.05) is 26.4 Å². The van der Waals surface area contributed by atoms with Crippen LogP contribution in [0.5, 0.6) is 11.5 Å². The van der Waals surface area contributed by atoms with E-state index in [9.17, 15) is 14.9 Å². The summed E-state index contributed by atoms with van der Waals surface area (Å²) >= 11 is 0. The molecule has 0 N–H and O–H groups in total. The lowest BCUT2D eigenvalue weighted by molar-refractivity contribution is -0.386. The Bertz CT molecular complexity index is 637. The van der Waals surface area contributed by atoms with Crippen molar-refractivity contribution in [3.63, 3.8) is 0 Å². The van der Waals surface area contributed by atoms with Crippen LogP contribution in [0.25, 0.3) is 0 Å². The second kappa shape index (κ2) is 6.41. The number of nitrogens with zero attached hydrogens (tertiary/aromatic N) is 1. The van der Waals surface area contributed by atoms with E-state index < -0.39 is 10.9 Å². The van der Waals surface area contributed by atoms with Gasteiger partial charge in [-0.2, -0.15) is 0 Å². The SMILES string of the molecule is CCOC(=O)c1cc(OC2CCOC2)c2c(c1[N+](=O)[O-])OCC2. The molecule has 1 aromatic rings. The molecule has 1 saturated heterocycles. The normalized spacial score (nSPS) is 19.1. The minimum atomic E-state index is -0.759. The quantitative estimate of drug-likeness (QED) is 0.463. The van der Waals surface area contributed by atoms with E-state index in [-0.39, 0.29) is 29.7 Å². The second-order valence-corrected chi connectivity index (χ2v) is 5.26. The van der Waals surface area contributed by atoms with Gasteiger partial charge in [-0.1, -0.05) is 0 Å². The molecule has 1 atom stereocenters. The second-order valence-electron chi connectivity index (χ2n) is 5.26. The van der Waals surface area contributed by atoms with Gasteiger partial charge in [0.1, 0.15) is 17.4 Å². The Kier molecular flexibility index (Phi) is 4.33. The highest BCUT2D eigenvalue weighted by molar-refractivity contribution is 5.96. The van der Waals surface area contributed by atoms with Crippen molar-refractivity contribution in [1.29, 1.82) is 0 Å². The topological polar surface area (TPSA) is 97.1 Å². The molecule has 23 heavy (non-hydrogen) atoms. The van der Waals surface area contributed by atoms with E-state index in [0.29, 0.717) is 37.6 Å². The van der Waals surface area contributed by atoms with E-state index >= 15 is 0 Å². The summed E-state index contributed by atoms with van der Waals surface area (Å²) in [6.45, 7) is 3.16. The number of hydrogen-bond donors (Lipinski definition) is 0. The summed E-state index contributed by atoms with van der Waals surface area (Å²) in [6, 6.07) is 1.39. The van der Waals surface area contributed by atoms with E-state index in [0.717, 1.165) is 6.42 Å². The predicted octanol–water partition coefficient (Wildman–Crippen LogP) is 1.87. The molecule has 2 heterocycles. The minimum Gasteiger partial charge on any atom is -0.487 e. The van der Waals surface area contributed by atoms with E-state index in [2.05, 4.69) is 0 Å². The molecule has 0 spiro atoms. The number of ether oxygens (including phenoxy) is 4. The average molecular weight is 323 g/mol. The van der Waals surface area contributed by atoms with Crippen LogP contribution < -0.4 is 9.47 Å². The van der Waals surface area contributed by atoms with Crippen LogP contribution >= 0.6 is 0 Å². The summed E-state index contributed by atoms with van der Waals surface area (Å²) in [5, 5.41) is 11.4. The van der Waals surface area contributed by atoms with Gasteiger partial charge in [0.2, 0.25) is 5.75 Å². The average Bonchev–Trinajstić information content (AvgIpc) is 3.17. The highest BCUT2D eigenvalue weighted by Gasteiger charge is 2.35. The lowest BCUT2D eigenvalue weighted by atomic mass is 10.0. The van der Waals surface area contributed by atoms with Crippen LogP contribution in [-0.2, 0) is 15.9 Å². The summed E-state index contributed by atoms with van der Waals surface area (Å²) < 4.78 is 21.5. The Labute approximate surface area is 132 Å². The van der Waals surface area contributed by atoms with Gasteiger partial charge in [-0.3, -0.25) is 10.1 Å². The molecule has 0 amide bonds. The van der Waals surface area contributed by atoms with Crippen molar-refractivity contribution < 1.29 is 28.7 Å². The van der Waals surface area contributed by atoms with Crippen molar-refractivity contribution in [2.24, 2.45) is 0 Å². The summed E-state index contributed by atoms with van der Waals surface area (Å²) in [6.07, 6.45) is 1.11. The molecule has 1 unspecified atom stereocenters. The highest BCUT2D eigenvalue weighted by Crippen LogP contribution is 2.44. The lowest BCUT2D eigenvalue weighted by Crippen LogP contribution is -2.17. The van der Waals surface area contributed by atoms with Crippen LogP contribution in [0.3, 0.4) is 0 Å². The third kappa shape index (κ3) is 2.94. The molecular weight excluding hydrogens is 306 g/mol. The van der Waals surface area contributed by atoms with Gasteiger partial charge in [0.15, 0.2) is 0 Å². The van der Waals surface area contributed by atoms with Crippen molar-refractivity contribution >= 4 is 11.7 Å². The molecule has 1 fully saturated rings. The molecular formula is C15H17NO7. The molecule has 1 aromatic carbocycles. The van der Waals surface area contributed by atoms with Crippen LogP contribution in [-0.4, -0.2) is 43.4 Å². The zero-order chi connectivity index (χ0) is 16.4. The summed E-state index contributed by atoms with van der Waals surface area (Å²) in [4.78, 5) is 22.9. The number of rotatable bonds is 5. The Balaban J connectivity index is 2.06. The molecule has 0 bridgehead atoms. The molecule has 3 rings (SSSR count). The highest BCUT2D eigenvalue weighted by atomic mass is 16.6. The Morgan fingerprint density at radius 1 is 1.48 bits per heavy atom. The Morgan fingerprint density at radius 2 is 2.30 bits per heavy atom. The molecule has 8 heteroatoms. The molecule has 0 radical (unpaired) electrons. The van der Waals surface area contributed by atoms with Crippen molar-refractivity contribution in [3.05, 3.63) is 27.3 Å². The smallest absolute Gasteiger partial charge is 0.345 e. The van der Waals surface area contributed by atoms with Gasteiger partial charge in [0, 0.05) is 24.5 Å². The van der Waals surface area contributed by atoms with Gasteiger partial charge >= 0.3 is 11.7 Å². The monoisotopic (exact) mass is 323 g/mol. The van der Waals surface area contributed by atoms with Gasteiger partial charge in [-0.25, -0.2) is 4.79 Å². The van der Waals surface area contributed by atoms with Gasteiger partial charge in [-0.05, 0) is 6.92 Å². The van der Waals surface area contributed by atoms with E-state index in [4.69, 9.17) is 18.9 Å². The fraction of sp³-hybridized carbons (Fsp3) is 0.533. The van der Waals surface area contributed by atoms with Gasteiger partial charge in [-0.15, -0.1) is 0 Å². The standard InChI is InChI=1S/C15H17NO7/c1-2-21-15(17)11-7-12(23-9-3-5-20-8-9)10-4-6-22-14(10)13(11)16(18)19/h7,9H,2-6,8H2,1H3. The largest absolute Gasteiger partial charge is 0.487 e. The van der Waals surface area contributed by atoms with Crippen LogP contribution in [0.4, 0.5) is 5.69 Å². The molecule has 0 aliphatic carbocycles. The summed E-state index contributed by atoms with van der Waals surface area (Å²) in [5.74, 6) is -0.221. The fourth-order valence-electron chi connectivity index (χ4n) is 2.75. The first-order chi connectivity index (χ1) is 11.1. The maximum atomic E-state index is 12.1. The maximum absolute atomic E-state index is 12.1. The van der Waals surface area contributed by atoms with Crippen molar-refractivity contribution in [2.45, 2.75) is 25.9 Å². The number of benzene rings is 1. The number of hydrogen-bond acceptors (Lipinski definition) is 7. The fourth-order valence-corrected chi connectivity index (χ4v) is 2.75. The Morgan fingerprint density at radius 3 is 2.96 bits per heavy atom. The number of esters is 1. The van der Waals surface area contributed by atoms with Crippen molar-refractivity contribution in [3.8, 4) is 11.5 Å². The molecule has 124 valence electrons. The summed E-state index contributed by atoms with van der Waals surface area (Å²) in [7, 11) is 0. The number of nitro benzene ring substituents is 1. The number of nitro groups is 1. The molecule has 2 aliphatic heterocycles. The maximum Gasteiger partial charge on any atom is 0.345 e. The number of fused-ring (bicyclic) bond motifs is 1. The van der Waals surface area contributed by atoms with E-state index in [1.807, 2.05) is 0 Å². The molecule has 0 saturated carbocycles. The van der Waals surface area contributed by atoms with Crippen LogP contribution in [0.15, 0.2) is 6.07 Å². The first-order valence-electron chi connectivity index (χ1n) is 7.50. The van der Waals surface area contributed by atoms with Crippen molar-refractivity contribution in [1.82, 2.24) is 0 Å². The lowest BCUT2D eigenvalue weighted by Gasteiger charge is -2.16. The van der Waals surface area contributed by atoms with Crippen LogP contribution in [0, 0.1) is 10.1 Å². The van der Waals surface area contributed by atoms with Crippen LogP contribution in [0.2, 0.25) is 0 Å². The first kappa shape index (κ1) is 15.5. The molecule has 0 aromatic heterocycles. The zero-order valence-electron chi connectivity index (χ0n) is 12.7. The molecule has 2 aliphatic rings. The van der Waals surface area contributed by atoms with Gasteiger partial charge in [0.25, 0.3) is 0 Å². The third-order valence-corrected chi connectivity index (χ3v) is 3.78. The number of carbonyl (C=O) groups excluding carboxylic acids is 1. The van der Waals surface area contributed by atoms with Gasteiger partial charge < -0.3 is 18.9 Å². The Hall–Kier alpha value is -2.35. The van der Waals surface area contributed by atoms with Crippen LogP contribution in [0.1, 0.15) is 29.3 Å². The predicted molar refractivity (Wildman–Crippen MR) is 78.1 cm³/mol. The zero-order valence-corrected chi connectivity index (χ0v) is 12.7. The van der Waals surface area contributed by atoms with E-state index in [1.165, 1.54) is 6.07 Å². The molecule has 8 nitrogen and oxygen atoms in total. The number of carbonyl (C=O) groups is 1. The minimum absolute atomic E-state index is 0.106. The van der Waals surface area contributed by atoms with Gasteiger partial charge in [0.05, 0.1) is 31.4 Å². The first-order valence-corrected chi connectivity index (χ1v) is 7.50. The van der Waals surface area contributed by atoms with E-state index in [1.54, 1.807) is 6.92 Å². The third-order valence-electron chi connectivity index (χ3n) is 3.78. The summed E-state index contributed by atoms with van der Waals surface area (Å²) in [5.41, 5.74) is 0.119.